The molecule has 1 aliphatic rings. The molecule has 0 saturated heterocycles. The van der Waals surface area contributed by atoms with Crippen molar-refractivity contribution in [2.24, 2.45) is 5.73 Å². The first-order valence-electron chi connectivity index (χ1n) is 6.61. The lowest BCUT2D eigenvalue weighted by Gasteiger charge is -2.12. The maximum Gasteiger partial charge on any atom is 0.231 e. The molecule has 0 unspecified atom stereocenters. The van der Waals surface area contributed by atoms with Crippen LogP contribution in [-0.4, -0.2) is 18.3 Å². The van der Waals surface area contributed by atoms with Crippen LogP contribution in [0.25, 0.3) is 0 Å². The number of benzene rings is 1. The molecule has 0 radical (unpaired) electrons. The molecule has 110 valence electrons. The van der Waals surface area contributed by atoms with Crippen LogP contribution >= 0.6 is 0 Å². The SMILES string of the molecule is NCCc1cc2c(cc1OCc1cncc(F)c1)OCO2. The van der Waals surface area contributed by atoms with Crippen LogP contribution < -0.4 is 19.9 Å². The molecule has 3 rings (SSSR count). The molecule has 6 heteroatoms. The van der Waals surface area contributed by atoms with E-state index in [1.807, 2.05) is 6.07 Å². The van der Waals surface area contributed by atoms with E-state index in [9.17, 15) is 4.39 Å². The van der Waals surface area contributed by atoms with Gasteiger partial charge in [0, 0.05) is 17.8 Å². The predicted molar refractivity (Wildman–Crippen MR) is 73.9 cm³/mol. The third-order valence-corrected chi connectivity index (χ3v) is 3.13. The molecule has 0 spiro atoms. The van der Waals surface area contributed by atoms with Crippen molar-refractivity contribution in [3.63, 3.8) is 0 Å². The van der Waals surface area contributed by atoms with Gasteiger partial charge in [0.1, 0.15) is 18.2 Å². The van der Waals surface area contributed by atoms with Gasteiger partial charge in [-0.2, -0.15) is 0 Å². The first-order valence-corrected chi connectivity index (χ1v) is 6.61. The van der Waals surface area contributed by atoms with Crippen LogP contribution in [-0.2, 0) is 13.0 Å². The Labute approximate surface area is 121 Å². The molecule has 0 amide bonds. The van der Waals surface area contributed by atoms with Crippen molar-refractivity contribution in [1.29, 1.82) is 0 Å². The van der Waals surface area contributed by atoms with Gasteiger partial charge in [-0.3, -0.25) is 4.98 Å². The van der Waals surface area contributed by atoms with Crippen molar-refractivity contribution in [3.05, 3.63) is 47.5 Å². The Morgan fingerprint density at radius 1 is 1.19 bits per heavy atom. The number of aromatic nitrogens is 1. The fourth-order valence-electron chi connectivity index (χ4n) is 2.15. The smallest absolute Gasteiger partial charge is 0.231 e. The van der Waals surface area contributed by atoms with Gasteiger partial charge in [0.15, 0.2) is 11.5 Å². The van der Waals surface area contributed by atoms with E-state index in [-0.39, 0.29) is 19.2 Å². The van der Waals surface area contributed by atoms with Gasteiger partial charge in [0.2, 0.25) is 6.79 Å². The fourth-order valence-corrected chi connectivity index (χ4v) is 2.15. The maximum absolute atomic E-state index is 13.1. The van der Waals surface area contributed by atoms with E-state index in [2.05, 4.69) is 4.98 Å². The van der Waals surface area contributed by atoms with Gasteiger partial charge in [-0.15, -0.1) is 0 Å². The fraction of sp³-hybridized carbons (Fsp3) is 0.267. The average molecular weight is 290 g/mol. The lowest BCUT2D eigenvalue weighted by Crippen LogP contribution is -2.06. The number of hydrogen-bond acceptors (Lipinski definition) is 5. The molecular formula is C15H15FN2O3. The summed E-state index contributed by atoms with van der Waals surface area (Å²) in [7, 11) is 0. The zero-order valence-corrected chi connectivity index (χ0v) is 11.3. The summed E-state index contributed by atoms with van der Waals surface area (Å²) < 4.78 is 29.5. The summed E-state index contributed by atoms with van der Waals surface area (Å²) in [6.45, 7) is 0.925. The molecule has 0 bridgehead atoms. The second-order valence-corrected chi connectivity index (χ2v) is 4.65. The molecule has 0 aliphatic carbocycles. The zero-order chi connectivity index (χ0) is 14.7. The van der Waals surface area contributed by atoms with E-state index in [1.54, 1.807) is 12.3 Å². The number of ether oxygens (including phenoxy) is 3. The average Bonchev–Trinajstić information content (AvgIpc) is 2.92. The van der Waals surface area contributed by atoms with Crippen LogP contribution in [0.2, 0.25) is 0 Å². The molecule has 1 aromatic carbocycles. The van der Waals surface area contributed by atoms with Crippen LogP contribution in [0.4, 0.5) is 4.39 Å². The lowest BCUT2D eigenvalue weighted by molar-refractivity contribution is 0.173. The number of pyridine rings is 1. The molecule has 2 aromatic rings. The predicted octanol–water partition coefficient (Wildman–Crippen LogP) is 2.03. The van der Waals surface area contributed by atoms with Crippen molar-refractivity contribution in [3.8, 4) is 17.2 Å². The van der Waals surface area contributed by atoms with Crippen LogP contribution in [0.15, 0.2) is 30.6 Å². The number of fused-ring (bicyclic) bond motifs is 1. The molecule has 21 heavy (non-hydrogen) atoms. The minimum absolute atomic E-state index is 0.203. The second-order valence-electron chi connectivity index (χ2n) is 4.65. The topological polar surface area (TPSA) is 66.6 Å². The maximum atomic E-state index is 13.1. The summed E-state index contributed by atoms with van der Waals surface area (Å²) in [6, 6.07) is 5.04. The molecule has 2 N–H and O–H groups in total. The molecule has 0 saturated carbocycles. The highest BCUT2D eigenvalue weighted by molar-refractivity contribution is 5.52. The number of nitrogens with zero attached hydrogens (tertiary/aromatic N) is 1. The first kappa shape index (κ1) is 13.6. The largest absolute Gasteiger partial charge is 0.488 e. The van der Waals surface area contributed by atoms with Crippen molar-refractivity contribution in [2.45, 2.75) is 13.0 Å². The Morgan fingerprint density at radius 2 is 2.00 bits per heavy atom. The van der Waals surface area contributed by atoms with E-state index in [0.29, 0.717) is 35.8 Å². The van der Waals surface area contributed by atoms with E-state index in [0.717, 1.165) is 11.8 Å². The number of rotatable bonds is 5. The highest BCUT2D eigenvalue weighted by atomic mass is 19.1. The summed E-state index contributed by atoms with van der Waals surface area (Å²) in [5.74, 6) is 1.61. The monoisotopic (exact) mass is 290 g/mol. The Balaban J connectivity index is 1.80. The van der Waals surface area contributed by atoms with Crippen molar-refractivity contribution >= 4 is 0 Å². The van der Waals surface area contributed by atoms with Crippen molar-refractivity contribution in [1.82, 2.24) is 4.98 Å². The van der Waals surface area contributed by atoms with Crippen molar-refractivity contribution < 1.29 is 18.6 Å². The van der Waals surface area contributed by atoms with Crippen LogP contribution in [0.1, 0.15) is 11.1 Å². The van der Waals surface area contributed by atoms with Gasteiger partial charge in [0.05, 0.1) is 6.20 Å². The molecule has 1 aliphatic heterocycles. The number of hydrogen-bond donors (Lipinski definition) is 1. The third kappa shape index (κ3) is 3.05. The normalized spacial score (nSPS) is 12.5. The molecular weight excluding hydrogens is 275 g/mol. The van der Waals surface area contributed by atoms with Gasteiger partial charge in [0.25, 0.3) is 0 Å². The van der Waals surface area contributed by atoms with E-state index >= 15 is 0 Å². The number of nitrogens with two attached hydrogens (primary N) is 1. The quantitative estimate of drug-likeness (QED) is 0.912. The minimum atomic E-state index is -0.385. The van der Waals surface area contributed by atoms with E-state index in [4.69, 9.17) is 19.9 Å². The molecule has 2 heterocycles. The van der Waals surface area contributed by atoms with Crippen LogP contribution in [0.3, 0.4) is 0 Å². The molecule has 1 aromatic heterocycles. The Bertz CT molecular complexity index is 649. The van der Waals surface area contributed by atoms with Crippen LogP contribution in [0.5, 0.6) is 17.2 Å². The van der Waals surface area contributed by atoms with Gasteiger partial charge in [-0.05, 0) is 30.7 Å². The zero-order valence-electron chi connectivity index (χ0n) is 11.3. The Morgan fingerprint density at radius 3 is 2.76 bits per heavy atom. The third-order valence-electron chi connectivity index (χ3n) is 3.13. The van der Waals surface area contributed by atoms with Gasteiger partial charge in [-0.25, -0.2) is 4.39 Å². The van der Waals surface area contributed by atoms with Gasteiger partial charge >= 0.3 is 0 Å². The summed E-state index contributed by atoms with van der Waals surface area (Å²) >= 11 is 0. The summed E-state index contributed by atoms with van der Waals surface area (Å²) in [5.41, 5.74) is 7.21. The van der Waals surface area contributed by atoms with Crippen LogP contribution in [0, 0.1) is 5.82 Å². The highest BCUT2D eigenvalue weighted by Crippen LogP contribution is 2.38. The second kappa shape index (κ2) is 5.97. The van der Waals surface area contributed by atoms with E-state index in [1.165, 1.54) is 6.07 Å². The van der Waals surface area contributed by atoms with Gasteiger partial charge in [-0.1, -0.05) is 0 Å². The first-order chi connectivity index (χ1) is 10.3. The lowest BCUT2D eigenvalue weighted by atomic mass is 10.1. The number of halogens is 1. The van der Waals surface area contributed by atoms with E-state index < -0.39 is 0 Å². The minimum Gasteiger partial charge on any atom is -0.488 e. The molecule has 0 fully saturated rings. The molecule has 5 nitrogen and oxygen atoms in total. The standard InChI is InChI=1S/C15H15FN2O3/c16-12-3-10(6-18-7-12)8-19-13-5-15-14(20-9-21-15)4-11(13)1-2-17/h3-7H,1-2,8-9,17H2. The van der Waals surface area contributed by atoms with Crippen molar-refractivity contribution in [2.75, 3.05) is 13.3 Å². The summed E-state index contributed by atoms with van der Waals surface area (Å²) in [6.07, 6.45) is 3.38. The Kier molecular flexibility index (Phi) is 3.87. The highest BCUT2D eigenvalue weighted by Gasteiger charge is 2.18. The van der Waals surface area contributed by atoms with Gasteiger partial charge < -0.3 is 19.9 Å². The summed E-state index contributed by atoms with van der Waals surface area (Å²) in [4.78, 5) is 3.79. The Hall–Kier alpha value is -2.34. The summed E-state index contributed by atoms with van der Waals surface area (Å²) in [5, 5.41) is 0. The molecule has 0 atom stereocenters.